The fourth-order valence-electron chi connectivity index (χ4n) is 1.26. The Bertz CT molecular complexity index is 256. The van der Waals surface area contributed by atoms with E-state index in [1.165, 1.54) is 12.8 Å². The van der Waals surface area contributed by atoms with Crippen LogP contribution in [0.3, 0.4) is 0 Å². The summed E-state index contributed by atoms with van der Waals surface area (Å²) in [6.45, 7) is 0.816. The molecule has 1 saturated carbocycles. The summed E-state index contributed by atoms with van der Waals surface area (Å²) in [6.07, 6.45) is 2.37. The summed E-state index contributed by atoms with van der Waals surface area (Å²) in [5.41, 5.74) is 6.91. The first-order valence-electron chi connectivity index (χ1n) is 4.78. The van der Waals surface area contributed by atoms with Gasteiger partial charge in [-0.3, -0.25) is 0 Å². The van der Waals surface area contributed by atoms with Gasteiger partial charge in [-0.25, -0.2) is 0 Å². The summed E-state index contributed by atoms with van der Waals surface area (Å²) in [7, 11) is 0. The van der Waals surface area contributed by atoms with E-state index < -0.39 is 0 Å². The number of rotatable bonds is 4. The van der Waals surface area contributed by atoms with Gasteiger partial charge in [0.2, 0.25) is 0 Å². The second kappa shape index (κ2) is 3.90. The maximum absolute atomic E-state index is 5.85. The summed E-state index contributed by atoms with van der Waals surface area (Å²) in [5.74, 6) is 0.773. The topological polar surface area (TPSA) is 35.2 Å². The van der Waals surface area contributed by atoms with Gasteiger partial charge >= 0.3 is 0 Å². The number of benzene rings is 1. The molecule has 0 saturated heterocycles. The molecular weight excluding hydrogens is 162 g/mol. The van der Waals surface area contributed by atoms with E-state index >= 15 is 0 Å². The van der Waals surface area contributed by atoms with Crippen molar-refractivity contribution in [3.8, 4) is 0 Å². The van der Waals surface area contributed by atoms with Gasteiger partial charge in [0.15, 0.2) is 0 Å². The van der Waals surface area contributed by atoms with Crippen LogP contribution in [0.4, 0.5) is 0 Å². The molecule has 1 atom stereocenters. The van der Waals surface area contributed by atoms with Crippen LogP contribution in [0.2, 0.25) is 0 Å². The monoisotopic (exact) mass is 177 g/mol. The van der Waals surface area contributed by atoms with Crippen molar-refractivity contribution in [1.29, 1.82) is 0 Å². The van der Waals surface area contributed by atoms with Crippen molar-refractivity contribution in [2.24, 2.45) is 11.7 Å². The summed E-state index contributed by atoms with van der Waals surface area (Å²) in [6, 6.07) is 9.94. The maximum Gasteiger partial charge on any atom is 0.131 e. The number of hydrogen-bond acceptors (Lipinski definition) is 2. The average molecular weight is 177 g/mol. The standard InChI is InChI=1S/C11H15NO/c12-11(13-8-9-6-7-9)10-4-2-1-3-5-10/h1-5,9,11H,6-8,12H2. The highest BCUT2D eigenvalue weighted by atomic mass is 16.5. The molecule has 1 aliphatic carbocycles. The van der Waals surface area contributed by atoms with Crippen LogP contribution in [0.15, 0.2) is 30.3 Å². The van der Waals surface area contributed by atoms with Gasteiger partial charge in [-0.05, 0) is 24.3 Å². The summed E-state index contributed by atoms with van der Waals surface area (Å²) >= 11 is 0. The lowest BCUT2D eigenvalue weighted by Gasteiger charge is -2.12. The Morgan fingerprint density at radius 1 is 1.31 bits per heavy atom. The van der Waals surface area contributed by atoms with Gasteiger partial charge in [-0.2, -0.15) is 0 Å². The van der Waals surface area contributed by atoms with E-state index in [1.54, 1.807) is 0 Å². The molecule has 2 N–H and O–H groups in total. The summed E-state index contributed by atoms with van der Waals surface area (Å²) in [5, 5.41) is 0. The predicted octanol–water partition coefficient (Wildman–Crippen LogP) is 2.07. The van der Waals surface area contributed by atoms with E-state index in [0.29, 0.717) is 0 Å². The minimum Gasteiger partial charge on any atom is -0.359 e. The fraction of sp³-hybridized carbons (Fsp3) is 0.455. The Labute approximate surface area is 78.7 Å². The Morgan fingerprint density at radius 2 is 2.00 bits per heavy atom. The lowest BCUT2D eigenvalue weighted by molar-refractivity contribution is 0.0496. The molecule has 13 heavy (non-hydrogen) atoms. The van der Waals surface area contributed by atoms with Gasteiger partial charge in [0.25, 0.3) is 0 Å². The molecule has 0 aliphatic heterocycles. The third kappa shape index (κ3) is 2.54. The second-order valence-corrected chi connectivity index (χ2v) is 3.61. The van der Waals surface area contributed by atoms with E-state index in [4.69, 9.17) is 10.5 Å². The molecule has 0 heterocycles. The predicted molar refractivity (Wildman–Crippen MR) is 52.0 cm³/mol. The van der Waals surface area contributed by atoms with Crippen molar-refractivity contribution in [3.05, 3.63) is 35.9 Å². The van der Waals surface area contributed by atoms with Crippen LogP contribution >= 0.6 is 0 Å². The van der Waals surface area contributed by atoms with Crippen molar-refractivity contribution in [3.63, 3.8) is 0 Å². The fourth-order valence-corrected chi connectivity index (χ4v) is 1.26. The van der Waals surface area contributed by atoms with Crippen LogP contribution in [0.25, 0.3) is 0 Å². The molecule has 0 bridgehead atoms. The van der Waals surface area contributed by atoms with Crippen molar-refractivity contribution >= 4 is 0 Å². The number of ether oxygens (including phenoxy) is 1. The molecule has 70 valence electrons. The van der Waals surface area contributed by atoms with E-state index in [0.717, 1.165) is 18.1 Å². The van der Waals surface area contributed by atoms with E-state index in [9.17, 15) is 0 Å². The minimum absolute atomic E-state index is 0.248. The van der Waals surface area contributed by atoms with Crippen molar-refractivity contribution < 1.29 is 4.74 Å². The van der Waals surface area contributed by atoms with Crippen LogP contribution in [-0.4, -0.2) is 6.61 Å². The van der Waals surface area contributed by atoms with Crippen LogP contribution in [0.5, 0.6) is 0 Å². The zero-order valence-corrected chi connectivity index (χ0v) is 7.65. The Morgan fingerprint density at radius 3 is 2.62 bits per heavy atom. The third-order valence-corrected chi connectivity index (χ3v) is 2.34. The molecule has 1 aliphatic rings. The molecular formula is C11H15NO. The summed E-state index contributed by atoms with van der Waals surface area (Å²) < 4.78 is 5.53. The molecule has 0 radical (unpaired) electrons. The Balaban J connectivity index is 1.85. The zero-order valence-electron chi connectivity index (χ0n) is 7.65. The first kappa shape index (κ1) is 8.73. The highest BCUT2D eigenvalue weighted by Gasteiger charge is 2.22. The molecule has 2 rings (SSSR count). The zero-order chi connectivity index (χ0) is 9.10. The van der Waals surface area contributed by atoms with E-state index in [-0.39, 0.29) is 6.23 Å². The largest absolute Gasteiger partial charge is 0.359 e. The van der Waals surface area contributed by atoms with Crippen LogP contribution < -0.4 is 5.73 Å². The number of nitrogens with two attached hydrogens (primary N) is 1. The molecule has 0 spiro atoms. The Hall–Kier alpha value is -0.860. The van der Waals surface area contributed by atoms with Gasteiger partial charge < -0.3 is 10.5 Å². The van der Waals surface area contributed by atoms with Gasteiger partial charge in [-0.15, -0.1) is 0 Å². The summed E-state index contributed by atoms with van der Waals surface area (Å²) in [4.78, 5) is 0. The molecule has 1 aromatic carbocycles. The van der Waals surface area contributed by atoms with Gasteiger partial charge in [0.05, 0.1) is 6.61 Å². The lowest BCUT2D eigenvalue weighted by atomic mass is 10.2. The van der Waals surface area contributed by atoms with Crippen molar-refractivity contribution in [2.75, 3.05) is 6.61 Å². The average Bonchev–Trinajstić information content (AvgIpc) is 2.99. The van der Waals surface area contributed by atoms with Crippen molar-refractivity contribution in [2.45, 2.75) is 19.1 Å². The normalized spacial score (nSPS) is 18.5. The molecule has 2 heteroatoms. The van der Waals surface area contributed by atoms with E-state index in [2.05, 4.69) is 0 Å². The highest BCUT2D eigenvalue weighted by Crippen LogP contribution is 2.30. The first-order chi connectivity index (χ1) is 6.36. The third-order valence-electron chi connectivity index (χ3n) is 2.34. The molecule has 1 aromatic rings. The van der Waals surface area contributed by atoms with Crippen molar-refractivity contribution in [1.82, 2.24) is 0 Å². The molecule has 0 aromatic heterocycles. The Kier molecular flexibility index (Phi) is 2.62. The second-order valence-electron chi connectivity index (χ2n) is 3.61. The van der Waals surface area contributed by atoms with Gasteiger partial charge in [-0.1, -0.05) is 30.3 Å². The van der Waals surface area contributed by atoms with E-state index in [1.807, 2.05) is 30.3 Å². The van der Waals surface area contributed by atoms with Crippen LogP contribution in [0.1, 0.15) is 24.6 Å². The number of hydrogen-bond donors (Lipinski definition) is 1. The molecule has 1 fully saturated rings. The molecule has 2 nitrogen and oxygen atoms in total. The van der Waals surface area contributed by atoms with Gasteiger partial charge in [0.1, 0.15) is 6.23 Å². The molecule has 1 unspecified atom stereocenters. The smallest absolute Gasteiger partial charge is 0.131 e. The lowest BCUT2D eigenvalue weighted by Crippen LogP contribution is -2.15. The first-order valence-corrected chi connectivity index (χ1v) is 4.78. The van der Waals surface area contributed by atoms with Gasteiger partial charge in [0, 0.05) is 0 Å². The minimum atomic E-state index is -0.248. The van der Waals surface area contributed by atoms with Crippen LogP contribution in [0, 0.1) is 5.92 Å². The maximum atomic E-state index is 5.85. The quantitative estimate of drug-likeness (QED) is 0.714. The highest BCUT2D eigenvalue weighted by molar-refractivity contribution is 5.16. The SMILES string of the molecule is NC(OCC1CC1)c1ccccc1. The van der Waals surface area contributed by atoms with Crippen LogP contribution in [-0.2, 0) is 4.74 Å². The molecule has 0 amide bonds.